The second kappa shape index (κ2) is 5.81. The third-order valence-electron chi connectivity index (χ3n) is 4.18. The Morgan fingerprint density at radius 1 is 1.30 bits per heavy atom. The molecule has 2 rings (SSSR count). The van der Waals surface area contributed by atoms with Crippen LogP contribution in [0.25, 0.3) is 0 Å². The summed E-state index contributed by atoms with van der Waals surface area (Å²) in [5.41, 5.74) is 0. The summed E-state index contributed by atoms with van der Waals surface area (Å²) in [5.74, 6) is -1.35. The van der Waals surface area contributed by atoms with Crippen molar-refractivity contribution in [3.05, 3.63) is 0 Å². The molecule has 112 valence electrons. The van der Waals surface area contributed by atoms with Gasteiger partial charge in [0, 0.05) is 26.1 Å². The highest BCUT2D eigenvalue weighted by Crippen LogP contribution is 2.24. The Kier molecular flexibility index (Phi) is 4.30. The third-order valence-corrected chi connectivity index (χ3v) is 4.18. The maximum absolute atomic E-state index is 12.6. The van der Waals surface area contributed by atoms with Crippen LogP contribution in [0, 0.1) is 11.8 Å². The summed E-state index contributed by atoms with van der Waals surface area (Å²) in [6.07, 6.45) is 1.81. The van der Waals surface area contributed by atoms with Crippen molar-refractivity contribution in [3.8, 4) is 0 Å². The smallest absolute Gasteiger partial charge is 0.308 e. The summed E-state index contributed by atoms with van der Waals surface area (Å²) < 4.78 is 0. The van der Waals surface area contributed by atoms with Crippen LogP contribution in [-0.4, -0.2) is 58.4 Å². The zero-order valence-corrected chi connectivity index (χ0v) is 12.0. The summed E-state index contributed by atoms with van der Waals surface area (Å²) in [5, 5.41) is 9.01. The van der Waals surface area contributed by atoms with Crippen LogP contribution in [0.4, 0.5) is 0 Å². The van der Waals surface area contributed by atoms with Crippen LogP contribution >= 0.6 is 0 Å². The van der Waals surface area contributed by atoms with Gasteiger partial charge in [0.1, 0.15) is 6.04 Å². The summed E-state index contributed by atoms with van der Waals surface area (Å²) in [4.78, 5) is 38.8. The Bertz CT molecular complexity index is 421. The number of nitrogens with zero attached hydrogens (tertiary/aromatic N) is 2. The van der Waals surface area contributed by atoms with Crippen molar-refractivity contribution in [1.82, 2.24) is 9.80 Å². The number of hydrogen-bond donors (Lipinski definition) is 1. The van der Waals surface area contributed by atoms with Crippen molar-refractivity contribution < 1.29 is 19.5 Å². The number of carbonyl (C=O) groups excluding carboxylic acids is 2. The van der Waals surface area contributed by atoms with Gasteiger partial charge < -0.3 is 14.9 Å². The average molecular weight is 282 g/mol. The molecule has 0 aromatic carbocycles. The standard InChI is InChI=1S/C14H22N2O4/c1-9(2)12(16-6-3-4-11(16)17)13(18)15-7-5-10(8-15)14(19)20/h9-10,12H,3-8H2,1-2H3,(H,19,20)/t10-,12-/m0/s1. The molecule has 2 heterocycles. The molecule has 2 amide bonds. The van der Waals surface area contributed by atoms with Gasteiger partial charge in [-0.05, 0) is 18.8 Å². The minimum absolute atomic E-state index is 0.0334. The van der Waals surface area contributed by atoms with Crippen molar-refractivity contribution in [2.24, 2.45) is 11.8 Å². The average Bonchev–Trinajstić information content (AvgIpc) is 2.98. The maximum atomic E-state index is 12.6. The summed E-state index contributed by atoms with van der Waals surface area (Å²) in [6, 6.07) is -0.447. The number of carboxylic acid groups (broad SMARTS) is 1. The predicted octanol–water partition coefficient (Wildman–Crippen LogP) is 0.566. The lowest BCUT2D eigenvalue weighted by Crippen LogP contribution is -2.51. The third kappa shape index (κ3) is 2.78. The maximum Gasteiger partial charge on any atom is 0.308 e. The zero-order chi connectivity index (χ0) is 14.9. The summed E-state index contributed by atoms with van der Waals surface area (Å²) >= 11 is 0. The van der Waals surface area contributed by atoms with E-state index in [9.17, 15) is 14.4 Å². The molecule has 0 saturated carbocycles. The van der Waals surface area contributed by atoms with E-state index in [1.165, 1.54) is 0 Å². The Morgan fingerprint density at radius 3 is 2.45 bits per heavy atom. The van der Waals surface area contributed by atoms with Crippen LogP contribution in [0.15, 0.2) is 0 Å². The highest BCUT2D eigenvalue weighted by atomic mass is 16.4. The minimum Gasteiger partial charge on any atom is -0.481 e. The molecular weight excluding hydrogens is 260 g/mol. The number of carboxylic acids is 1. The van der Waals surface area contributed by atoms with Gasteiger partial charge in [-0.25, -0.2) is 0 Å². The lowest BCUT2D eigenvalue weighted by molar-refractivity contribution is -0.145. The van der Waals surface area contributed by atoms with Crippen LogP contribution in [0.1, 0.15) is 33.1 Å². The number of rotatable bonds is 4. The van der Waals surface area contributed by atoms with Crippen LogP contribution < -0.4 is 0 Å². The molecule has 2 fully saturated rings. The van der Waals surface area contributed by atoms with Gasteiger partial charge in [-0.2, -0.15) is 0 Å². The van der Waals surface area contributed by atoms with Gasteiger partial charge >= 0.3 is 5.97 Å². The van der Waals surface area contributed by atoms with Crippen molar-refractivity contribution in [2.75, 3.05) is 19.6 Å². The SMILES string of the molecule is CC(C)[C@@H](C(=O)N1CC[C@H](C(=O)O)C1)N1CCCC1=O. The molecule has 0 bridgehead atoms. The fourth-order valence-electron chi connectivity index (χ4n) is 3.09. The van der Waals surface area contributed by atoms with Gasteiger partial charge in [0.15, 0.2) is 0 Å². The number of aliphatic carboxylic acids is 1. The highest BCUT2D eigenvalue weighted by Gasteiger charge is 2.40. The van der Waals surface area contributed by atoms with Gasteiger partial charge in [0.25, 0.3) is 0 Å². The zero-order valence-electron chi connectivity index (χ0n) is 12.0. The molecule has 2 aliphatic rings. The second-order valence-electron chi connectivity index (χ2n) is 5.99. The molecule has 0 unspecified atom stereocenters. The normalized spacial score (nSPS) is 24.6. The molecule has 0 spiro atoms. The van der Waals surface area contributed by atoms with E-state index in [2.05, 4.69) is 0 Å². The van der Waals surface area contributed by atoms with Crippen LogP contribution in [0.3, 0.4) is 0 Å². The first-order chi connectivity index (χ1) is 9.41. The van der Waals surface area contributed by atoms with Crippen LogP contribution in [-0.2, 0) is 14.4 Å². The molecule has 20 heavy (non-hydrogen) atoms. The van der Waals surface area contributed by atoms with Crippen molar-refractivity contribution >= 4 is 17.8 Å². The van der Waals surface area contributed by atoms with Crippen molar-refractivity contribution in [3.63, 3.8) is 0 Å². The van der Waals surface area contributed by atoms with Crippen LogP contribution in [0.2, 0.25) is 0 Å². The molecule has 2 saturated heterocycles. The predicted molar refractivity (Wildman–Crippen MR) is 71.9 cm³/mol. The molecule has 2 atom stereocenters. The summed E-state index contributed by atoms with van der Waals surface area (Å²) in [7, 11) is 0. The largest absolute Gasteiger partial charge is 0.481 e. The summed E-state index contributed by atoms with van der Waals surface area (Å²) in [6.45, 7) is 5.22. The lowest BCUT2D eigenvalue weighted by atomic mass is 10.0. The van der Waals surface area contributed by atoms with E-state index in [0.717, 1.165) is 6.42 Å². The fraction of sp³-hybridized carbons (Fsp3) is 0.786. The highest BCUT2D eigenvalue weighted by molar-refractivity contribution is 5.89. The first-order valence-corrected chi connectivity index (χ1v) is 7.23. The lowest BCUT2D eigenvalue weighted by Gasteiger charge is -2.33. The van der Waals surface area contributed by atoms with Crippen molar-refractivity contribution in [1.29, 1.82) is 0 Å². The van der Waals surface area contributed by atoms with E-state index in [1.807, 2.05) is 13.8 Å². The Balaban J connectivity index is 2.08. The van der Waals surface area contributed by atoms with E-state index in [0.29, 0.717) is 25.9 Å². The number of carbonyl (C=O) groups is 3. The Labute approximate surface area is 118 Å². The van der Waals surface area contributed by atoms with Crippen LogP contribution in [0.5, 0.6) is 0 Å². The van der Waals surface area contributed by atoms with Crippen molar-refractivity contribution in [2.45, 2.75) is 39.2 Å². The molecule has 2 aliphatic heterocycles. The van der Waals surface area contributed by atoms with Gasteiger partial charge in [0.2, 0.25) is 11.8 Å². The van der Waals surface area contributed by atoms with Gasteiger partial charge in [-0.15, -0.1) is 0 Å². The number of hydrogen-bond acceptors (Lipinski definition) is 3. The van der Waals surface area contributed by atoms with Gasteiger partial charge in [-0.3, -0.25) is 14.4 Å². The molecule has 0 aliphatic carbocycles. The monoisotopic (exact) mass is 282 g/mol. The molecule has 0 aromatic heterocycles. The molecule has 6 heteroatoms. The Hall–Kier alpha value is -1.59. The number of likely N-dealkylation sites (tertiary alicyclic amines) is 2. The minimum atomic E-state index is -0.848. The molecule has 0 radical (unpaired) electrons. The first kappa shape index (κ1) is 14.8. The van der Waals surface area contributed by atoms with E-state index in [1.54, 1.807) is 9.80 Å². The number of amides is 2. The van der Waals surface area contributed by atoms with Gasteiger partial charge in [0.05, 0.1) is 5.92 Å². The quantitative estimate of drug-likeness (QED) is 0.817. The van der Waals surface area contributed by atoms with Gasteiger partial charge in [-0.1, -0.05) is 13.8 Å². The second-order valence-corrected chi connectivity index (χ2v) is 5.99. The Morgan fingerprint density at radius 2 is 2.00 bits per heavy atom. The molecular formula is C14H22N2O4. The van der Waals surface area contributed by atoms with E-state index >= 15 is 0 Å². The first-order valence-electron chi connectivity index (χ1n) is 7.23. The van der Waals surface area contributed by atoms with E-state index < -0.39 is 17.9 Å². The van der Waals surface area contributed by atoms with E-state index in [-0.39, 0.29) is 24.3 Å². The molecule has 1 N–H and O–H groups in total. The molecule has 0 aromatic rings. The van der Waals surface area contributed by atoms with E-state index in [4.69, 9.17) is 5.11 Å². The topological polar surface area (TPSA) is 77.9 Å². The fourth-order valence-corrected chi connectivity index (χ4v) is 3.09. The molecule has 6 nitrogen and oxygen atoms in total.